The number of nitrogens with one attached hydrogen (secondary N) is 2. The zero-order chi connectivity index (χ0) is 16.8. The molecule has 1 rings (SSSR count). The Hall–Kier alpha value is -0.830. The third-order valence-corrected chi connectivity index (χ3v) is 3.49. The standard InChI is InChI=1S/C16H24BrN3O2.HI/c1-11(12-8-6-7-9-13(12)17)20-15(18-5)19-10-14(21)22-16(2,3)4;/h6-9,11H,10H2,1-5H3,(H2,18,19,20);1H. The minimum Gasteiger partial charge on any atom is -0.459 e. The van der Waals surface area contributed by atoms with Crippen LogP contribution in [0.3, 0.4) is 0 Å². The quantitative estimate of drug-likeness (QED) is 0.288. The molecule has 0 saturated heterocycles. The fourth-order valence-corrected chi connectivity index (χ4v) is 2.47. The van der Waals surface area contributed by atoms with E-state index in [1.165, 1.54) is 0 Å². The van der Waals surface area contributed by atoms with Crippen LogP contribution in [0.2, 0.25) is 0 Å². The summed E-state index contributed by atoms with van der Waals surface area (Å²) in [6.45, 7) is 7.62. The number of carbonyl (C=O) groups is 1. The van der Waals surface area contributed by atoms with Crippen molar-refractivity contribution >= 4 is 51.8 Å². The van der Waals surface area contributed by atoms with Crippen LogP contribution < -0.4 is 10.6 Å². The van der Waals surface area contributed by atoms with Gasteiger partial charge in [0.05, 0.1) is 6.04 Å². The number of rotatable bonds is 4. The summed E-state index contributed by atoms with van der Waals surface area (Å²) in [5, 5.41) is 6.20. The van der Waals surface area contributed by atoms with E-state index >= 15 is 0 Å². The molecular weight excluding hydrogens is 473 g/mol. The summed E-state index contributed by atoms with van der Waals surface area (Å²) in [5.41, 5.74) is 0.625. The first-order chi connectivity index (χ1) is 10.2. The van der Waals surface area contributed by atoms with Gasteiger partial charge in [0.1, 0.15) is 12.1 Å². The molecule has 0 aromatic heterocycles. The molecule has 0 heterocycles. The van der Waals surface area contributed by atoms with E-state index in [9.17, 15) is 4.79 Å². The van der Waals surface area contributed by atoms with Crippen molar-refractivity contribution in [1.82, 2.24) is 10.6 Å². The highest BCUT2D eigenvalue weighted by atomic mass is 127. The van der Waals surface area contributed by atoms with E-state index in [1.807, 2.05) is 52.0 Å². The minimum atomic E-state index is -0.488. The number of benzene rings is 1. The molecule has 0 aliphatic heterocycles. The highest BCUT2D eigenvalue weighted by molar-refractivity contribution is 14.0. The predicted molar refractivity (Wildman–Crippen MR) is 108 cm³/mol. The SMILES string of the molecule is CN=C(NCC(=O)OC(C)(C)C)NC(C)c1ccccc1Br.I. The molecule has 1 atom stereocenters. The molecule has 23 heavy (non-hydrogen) atoms. The summed E-state index contributed by atoms with van der Waals surface area (Å²) in [6.07, 6.45) is 0. The van der Waals surface area contributed by atoms with Crippen molar-refractivity contribution in [3.8, 4) is 0 Å². The largest absolute Gasteiger partial charge is 0.459 e. The van der Waals surface area contributed by atoms with Crippen LogP contribution in [0.1, 0.15) is 39.3 Å². The molecule has 1 aromatic rings. The summed E-state index contributed by atoms with van der Waals surface area (Å²) in [5.74, 6) is 0.234. The fourth-order valence-electron chi connectivity index (χ4n) is 1.84. The monoisotopic (exact) mass is 497 g/mol. The molecule has 0 bridgehead atoms. The van der Waals surface area contributed by atoms with E-state index in [0.29, 0.717) is 5.96 Å². The number of esters is 1. The number of halogens is 2. The maximum atomic E-state index is 11.7. The van der Waals surface area contributed by atoms with E-state index in [0.717, 1.165) is 10.0 Å². The van der Waals surface area contributed by atoms with Gasteiger partial charge in [-0.3, -0.25) is 9.79 Å². The Morgan fingerprint density at radius 3 is 2.48 bits per heavy atom. The number of ether oxygens (including phenoxy) is 1. The zero-order valence-corrected chi connectivity index (χ0v) is 18.1. The highest BCUT2D eigenvalue weighted by Gasteiger charge is 2.17. The maximum Gasteiger partial charge on any atom is 0.325 e. The lowest BCUT2D eigenvalue weighted by Gasteiger charge is -2.21. The van der Waals surface area contributed by atoms with Crippen molar-refractivity contribution < 1.29 is 9.53 Å². The van der Waals surface area contributed by atoms with Gasteiger partial charge in [-0.1, -0.05) is 34.1 Å². The molecule has 0 aliphatic carbocycles. The summed E-state index contributed by atoms with van der Waals surface area (Å²) >= 11 is 3.53. The molecule has 2 N–H and O–H groups in total. The molecule has 0 radical (unpaired) electrons. The van der Waals surface area contributed by atoms with Crippen molar-refractivity contribution in [2.45, 2.75) is 39.3 Å². The molecule has 130 valence electrons. The van der Waals surface area contributed by atoms with Gasteiger partial charge >= 0.3 is 5.97 Å². The van der Waals surface area contributed by atoms with Crippen molar-refractivity contribution in [3.05, 3.63) is 34.3 Å². The molecule has 7 heteroatoms. The number of aliphatic imine (C=N–C) groups is 1. The number of guanidine groups is 1. The second kappa shape index (κ2) is 10.1. The minimum absolute atomic E-state index is 0. The van der Waals surface area contributed by atoms with Gasteiger partial charge in [0.2, 0.25) is 0 Å². The average molecular weight is 498 g/mol. The molecule has 0 amide bonds. The Bertz CT molecular complexity index is 544. The van der Waals surface area contributed by atoms with Gasteiger partial charge in [-0.2, -0.15) is 0 Å². The van der Waals surface area contributed by atoms with Gasteiger partial charge in [-0.25, -0.2) is 0 Å². The first kappa shape index (κ1) is 22.2. The normalized spacial score (nSPS) is 12.9. The van der Waals surface area contributed by atoms with Crippen molar-refractivity contribution in [3.63, 3.8) is 0 Å². The molecule has 1 aromatic carbocycles. The van der Waals surface area contributed by atoms with E-state index in [-0.39, 0.29) is 42.5 Å². The molecule has 0 spiro atoms. The summed E-state index contributed by atoms with van der Waals surface area (Å²) in [6, 6.07) is 8.01. The molecule has 0 aliphatic rings. The second-order valence-electron chi connectivity index (χ2n) is 5.90. The predicted octanol–water partition coefficient (Wildman–Crippen LogP) is 3.63. The molecule has 0 fully saturated rings. The van der Waals surface area contributed by atoms with Crippen LogP contribution in [0, 0.1) is 0 Å². The average Bonchev–Trinajstić information content (AvgIpc) is 2.41. The van der Waals surface area contributed by atoms with Crippen molar-refractivity contribution in [2.24, 2.45) is 4.99 Å². The lowest BCUT2D eigenvalue weighted by atomic mass is 10.1. The van der Waals surface area contributed by atoms with Crippen LogP contribution in [0.5, 0.6) is 0 Å². The third kappa shape index (κ3) is 8.55. The van der Waals surface area contributed by atoms with Crippen molar-refractivity contribution in [1.29, 1.82) is 0 Å². The van der Waals surface area contributed by atoms with Crippen LogP contribution in [-0.4, -0.2) is 31.1 Å². The first-order valence-electron chi connectivity index (χ1n) is 7.16. The lowest BCUT2D eigenvalue weighted by Crippen LogP contribution is -2.42. The Balaban J connectivity index is 0.00000484. The van der Waals surface area contributed by atoms with Crippen LogP contribution in [0.4, 0.5) is 0 Å². The van der Waals surface area contributed by atoms with E-state index in [1.54, 1.807) is 7.05 Å². The molecule has 5 nitrogen and oxygen atoms in total. The summed E-state index contributed by atoms with van der Waals surface area (Å²) in [7, 11) is 1.66. The lowest BCUT2D eigenvalue weighted by molar-refractivity contribution is -0.153. The number of hydrogen-bond donors (Lipinski definition) is 2. The van der Waals surface area contributed by atoms with E-state index in [4.69, 9.17) is 4.74 Å². The van der Waals surface area contributed by atoms with Crippen LogP contribution in [0.15, 0.2) is 33.7 Å². The van der Waals surface area contributed by atoms with E-state index < -0.39 is 5.60 Å². The molecule has 0 saturated carbocycles. The summed E-state index contributed by atoms with van der Waals surface area (Å²) < 4.78 is 6.28. The Morgan fingerprint density at radius 2 is 1.96 bits per heavy atom. The van der Waals surface area contributed by atoms with Crippen LogP contribution >= 0.6 is 39.9 Å². The summed E-state index contributed by atoms with van der Waals surface area (Å²) in [4.78, 5) is 15.8. The second-order valence-corrected chi connectivity index (χ2v) is 6.75. The van der Waals surface area contributed by atoms with Gasteiger partial charge in [0, 0.05) is 11.5 Å². The smallest absolute Gasteiger partial charge is 0.325 e. The van der Waals surface area contributed by atoms with Crippen LogP contribution in [-0.2, 0) is 9.53 Å². The Labute approximate surface area is 163 Å². The molecule has 1 unspecified atom stereocenters. The maximum absolute atomic E-state index is 11.7. The van der Waals surface area contributed by atoms with Gasteiger partial charge in [-0.15, -0.1) is 24.0 Å². The fraction of sp³-hybridized carbons (Fsp3) is 0.500. The number of carbonyl (C=O) groups excluding carboxylic acids is 1. The number of hydrogen-bond acceptors (Lipinski definition) is 3. The van der Waals surface area contributed by atoms with E-state index in [2.05, 4.69) is 31.6 Å². The van der Waals surface area contributed by atoms with Gasteiger partial charge < -0.3 is 15.4 Å². The number of nitrogens with zero attached hydrogens (tertiary/aromatic N) is 1. The Morgan fingerprint density at radius 1 is 1.35 bits per heavy atom. The molecular formula is C16H25BrIN3O2. The van der Waals surface area contributed by atoms with Crippen LogP contribution in [0.25, 0.3) is 0 Å². The van der Waals surface area contributed by atoms with Gasteiger partial charge in [0.15, 0.2) is 5.96 Å². The third-order valence-electron chi connectivity index (χ3n) is 2.77. The van der Waals surface area contributed by atoms with Crippen molar-refractivity contribution in [2.75, 3.05) is 13.6 Å². The van der Waals surface area contributed by atoms with Gasteiger partial charge in [-0.05, 0) is 39.3 Å². The highest BCUT2D eigenvalue weighted by Crippen LogP contribution is 2.22. The zero-order valence-electron chi connectivity index (χ0n) is 14.1. The first-order valence-corrected chi connectivity index (χ1v) is 7.95. The van der Waals surface area contributed by atoms with Gasteiger partial charge in [0.25, 0.3) is 0 Å². The Kier molecular flexibility index (Phi) is 9.76. The topological polar surface area (TPSA) is 62.7 Å².